The summed E-state index contributed by atoms with van der Waals surface area (Å²) < 4.78 is 5.48. The SMILES string of the molecule is CC(C)(C)P(C#COc1ccccc1)C(C)(C)C. The summed E-state index contributed by atoms with van der Waals surface area (Å²) >= 11 is 0. The minimum atomic E-state index is -0.425. The molecule has 18 heavy (non-hydrogen) atoms. The zero-order chi connectivity index (χ0) is 13.8. The number of hydrogen-bond donors (Lipinski definition) is 0. The van der Waals surface area contributed by atoms with Crippen molar-refractivity contribution in [2.45, 2.75) is 51.9 Å². The molecule has 0 saturated heterocycles. The van der Waals surface area contributed by atoms with Gasteiger partial charge in [0.05, 0.1) is 0 Å². The zero-order valence-corrected chi connectivity index (χ0v) is 13.1. The molecule has 0 aromatic heterocycles. The van der Waals surface area contributed by atoms with Gasteiger partial charge in [-0.05, 0) is 36.0 Å². The van der Waals surface area contributed by atoms with Gasteiger partial charge >= 0.3 is 0 Å². The van der Waals surface area contributed by atoms with Gasteiger partial charge < -0.3 is 4.74 Å². The van der Waals surface area contributed by atoms with Gasteiger partial charge in [-0.25, -0.2) is 0 Å². The van der Waals surface area contributed by atoms with Crippen molar-refractivity contribution in [3.05, 3.63) is 30.3 Å². The van der Waals surface area contributed by atoms with E-state index in [2.05, 4.69) is 53.3 Å². The normalized spacial score (nSPS) is 11.9. The quantitative estimate of drug-likeness (QED) is 0.507. The molecule has 0 atom stereocenters. The fraction of sp³-hybridized carbons (Fsp3) is 0.500. The van der Waals surface area contributed by atoms with Crippen LogP contribution in [0.2, 0.25) is 0 Å². The third-order valence-corrected chi connectivity index (χ3v) is 5.41. The molecule has 0 saturated carbocycles. The van der Waals surface area contributed by atoms with Gasteiger partial charge in [0.15, 0.2) is 0 Å². The van der Waals surface area contributed by atoms with Crippen LogP contribution in [-0.2, 0) is 0 Å². The molecule has 0 fully saturated rings. The van der Waals surface area contributed by atoms with Crippen LogP contribution in [0.1, 0.15) is 41.5 Å². The first-order valence-corrected chi connectivity index (χ1v) is 7.58. The predicted octanol–water partition coefficient (Wildman–Crippen LogP) is 5.06. The first kappa shape index (κ1) is 15.1. The first-order valence-electron chi connectivity index (χ1n) is 6.24. The predicted molar refractivity (Wildman–Crippen MR) is 81.3 cm³/mol. The molecule has 1 nitrogen and oxygen atoms in total. The Hall–Kier alpha value is -0.990. The van der Waals surface area contributed by atoms with E-state index in [-0.39, 0.29) is 10.3 Å². The van der Waals surface area contributed by atoms with E-state index in [1.165, 1.54) is 0 Å². The Labute approximate surface area is 113 Å². The topological polar surface area (TPSA) is 9.23 Å². The molecule has 1 aromatic carbocycles. The van der Waals surface area contributed by atoms with E-state index in [4.69, 9.17) is 4.74 Å². The van der Waals surface area contributed by atoms with Crippen molar-refractivity contribution in [3.63, 3.8) is 0 Å². The average Bonchev–Trinajstić information content (AvgIpc) is 2.22. The summed E-state index contributed by atoms with van der Waals surface area (Å²) in [5, 5.41) is 0.418. The largest absolute Gasteiger partial charge is 0.407 e. The summed E-state index contributed by atoms with van der Waals surface area (Å²) in [6, 6.07) is 9.72. The highest BCUT2D eigenvalue weighted by Crippen LogP contribution is 2.58. The lowest BCUT2D eigenvalue weighted by molar-refractivity contribution is 0.520. The first-order chi connectivity index (χ1) is 8.21. The van der Waals surface area contributed by atoms with Crippen LogP contribution in [0.5, 0.6) is 5.75 Å². The van der Waals surface area contributed by atoms with Crippen LogP contribution in [0.25, 0.3) is 0 Å². The third-order valence-electron chi connectivity index (χ3n) is 2.41. The number of para-hydroxylation sites is 1. The van der Waals surface area contributed by atoms with E-state index in [9.17, 15) is 0 Å². The summed E-state index contributed by atoms with van der Waals surface area (Å²) in [7, 11) is -0.425. The number of benzene rings is 1. The van der Waals surface area contributed by atoms with E-state index >= 15 is 0 Å². The van der Waals surface area contributed by atoms with Crippen molar-refractivity contribution in [2.75, 3.05) is 0 Å². The molecule has 98 valence electrons. The standard InChI is InChI=1S/C16H23OP/c1-15(2,3)18(16(4,5)6)13-12-17-14-10-8-7-9-11-14/h7-11H,1-6H3. The van der Waals surface area contributed by atoms with E-state index in [0.29, 0.717) is 0 Å². The van der Waals surface area contributed by atoms with Crippen molar-refractivity contribution in [1.82, 2.24) is 0 Å². The fourth-order valence-electron chi connectivity index (χ4n) is 1.96. The average molecular weight is 262 g/mol. The van der Waals surface area contributed by atoms with E-state index in [0.717, 1.165) is 5.75 Å². The number of ether oxygens (including phenoxy) is 1. The van der Waals surface area contributed by atoms with Crippen LogP contribution < -0.4 is 4.74 Å². The lowest BCUT2D eigenvalue weighted by Crippen LogP contribution is -2.23. The molecule has 0 aliphatic carbocycles. The highest BCUT2D eigenvalue weighted by molar-refractivity contribution is 7.65. The monoisotopic (exact) mass is 262 g/mol. The van der Waals surface area contributed by atoms with Crippen molar-refractivity contribution in [3.8, 4) is 17.5 Å². The van der Waals surface area contributed by atoms with Gasteiger partial charge in [0.1, 0.15) is 11.9 Å². The fourth-order valence-corrected chi connectivity index (χ4v) is 4.78. The molecule has 0 amide bonds. The second-order valence-electron chi connectivity index (χ2n) is 6.31. The van der Waals surface area contributed by atoms with Gasteiger partial charge in [-0.15, -0.1) is 0 Å². The van der Waals surface area contributed by atoms with Gasteiger partial charge in [-0.3, -0.25) is 0 Å². The summed E-state index contributed by atoms with van der Waals surface area (Å²) in [5.74, 6) is 0.808. The van der Waals surface area contributed by atoms with Crippen LogP contribution in [0.15, 0.2) is 30.3 Å². The summed E-state index contributed by atoms with van der Waals surface area (Å²) in [6.07, 6.45) is 2.89. The Morgan fingerprint density at radius 1 is 0.889 bits per heavy atom. The second kappa shape index (κ2) is 5.77. The smallest absolute Gasteiger partial charge is 0.140 e. The maximum absolute atomic E-state index is 5.48. The molecule has 0 bridgehead atoms. The maximum Gasteiger partial charge on any atom is 0.140 e. The molecule has 0 aliphatic rings. The Kier molecular flexibility index (Phi) is 4.83. The Bertz CT molecular complexity index is 412. The highest BCUT2D eigenvalue weighted by atomic mass is 31.1. The summed E-state index contributed by atoms with van der Waals surface area (Å²) in [5.41, 5.74) is 3.34. The summed E-state index contributed by atoms with van der Waals surface area (Å²) in [4.78, 5) is 0. The Morgan fingerprint density at radius 2 is 1.39 bits per heavy atom. The molecule has 0 radical (unpaired) electrons. The molecule has 0 spiro atoms. The van der Waals surface area contributed by atoms with Crippen LogP contribution in [0.3, 0.4) is 0 Å². The third kappa shape index (κ3) is 4.71. The maximum atomic E-state index is 5.48. The highest BCUT2D eigenvalue weighted by Gasteiger charge is 2.33. The van der Waals surface area contributed by atoms with Crippen molar-refractivity contribution < 1.29 is 4.74 Å². The van der Waals surface area contributed by atoms with E-state index in [1.807, 2.05) is 30.3 Å². The van der Waals surface area contributed by atoms with Gasteiger partial charge in [0.25, 0.3) is 0 Å². The van der Waals surface area contributed by atoms with Crippen LogP contribution in [0.4, 0.5) is 0 Å². The van der Waals surface area contributed by atoms with Crippen molar-refractivity contribution in [2.24, 2.45) is 0 Å². The molecule has 0 unspecified atom stereocenters. The summed E-state index contributed by atoms with van der Waals surface area (Å²) in [6.45, 7) is 13.5. The number of rotatable bonds is 1. The van der Waals surface area contributed by atoms with Crippen molar-refractivity contribution in [1.29, 1.82) is 0 Å². The molecule has 0 aliphatic heterocycles. The van der Waals surface area contributed by atoms with Crippen LogP contribution in [0, 0.1) is 11.8 Å². The van der Waals surface area contributed by atoms with E-state index in [1.54, 1.807) is 0 Å². The molecule has 2 heteroatoms. The van der Waals surface area contributed by atoms with Crippen molar-refractivity contribution >= 4 is 7.92 Å². The van der Waals surface area contributed by atoms with Gasteiger partial charge in [-0.2, -0.15) is 0 Å². The zero-order valence-electron chi connectivity index (χ0n) is 12.2. The molecule has 0 N–H and O–H groups in total. The molecular formula is C16H23OP. The van der Waals surface area contributed by atoms with Gasteiger partial charge in [0, 0.05) is 0 Å². The number of hydrogen-bond acceptors (Lipinski definition) is 1. The lowest BCUT2D eigenvalue weighted by Gasteiger charge is -2.36. The Balaban J connectivity index is 2.81. The lowest BCUT2D eigenvalue weighted by atomic mass is 10.2. The minimum Gasteiger partial charge on any atom is -0.407 e. The van der Waals surface area contributed by atoms with Gasteiger partial charge in [-0.1, -0.05) is 59.7 Å². The molecule has 1 rings (SSSR count). The molecular weight excluding hydrogens is 239 g/mol. The molecule has 1 aromatic rings. The van der Waals surface area contributed by atoms with E-state index < -0.39 is 7.92 Å². The minimum absolute atomic E-state index is 0.209. The second-order valence-corrected chi connectivity index (χ2v) is 9.88. The Morgan fingerprint density at radius 3 is 1.83 bits per heavy atom. The molecule has 0 heterocycles. The van der Waals surface area contributed by atoms with Gasteiger partial charge in [0.2, 0.25) is 0 Å². The van der Waals surface area contributed by atoms with Crippen LogP contribution >= 0.6 is 7.92 Å². The van der Waals surface area contributed by atoms with Crippen LogP contribution in [-0.4, -0.2) is 10.3 Å².